The predicted molar refractivity (Wildman–Crippen MR) is 143 cm³/mol. The van der Waals surface area contributed by atoms with Crippen LogP contribution in [0.15, 0.2) is 72.9 Å². The van der Waals surface area contributed by atoms with Crippen molar-refractivity contribution in [2.24, 2.45) is 5.92 Å². The third-order valence-corrected chi connectivity index (χ3v) is 4.62. The van der Waals surface area contributed by atoms with Gasteiger partial charge in [-0.25, -0.2) is 0 Å². The SMILES string of the molecule is CC/C=C/C/C=C/C/C=C/C/C=C/C/C=C/C/C=C/CCC(CC(=O)OC(C)(C)C)C[N+](=O)[O-]. The summed E-state index contributed by atoms with van der Waals surface area (Å²) in [7, 11) is 0. The van der Waals surface area contributed by atoms with Crippen LogP contribution in [-0.2, 0) is 9.53 Å². The number of rotatable bonds is 18. The second kappa shape index (κ2) is 20.9. The molecule has 0 N–H and O–H groups in total. The Morgan fingerprint density at radius 2 is 1.21 bits per heavy atom. The Labute approximate surface area is 207 Å². The highest BCUT2D eigenvalue weighted by molar-refractivity contribution is 5.70. The average Bonchev–Trinajstić information content (AvgIpc) is 2.73. The molecule has 0 fully saturated rings. The number of esters is 1. The van der Waals surface area contributed by atoms with E-state index >= 15 is 0 Å². The van der Waals surface area contributed by atoms with Gasteiger partial charge >= 0.3 is 5.97 Å². The molecule has 0 saturated heterocycles. The van der Waals surface area contributed by atoms with E-state index in [1.165, 1.54) is 0 Å². The molecule has 0 aromatic rings. The van der Waals surface area contributed by atoms with Crippen molar-refractivity contribution >= 4 is 5.97 Å². The summed E-state index contributed by atoms with van der Waals surface area (Å²) in [6.07, 6.45) is 33.0. The summed E-state index contributed by atoms with van der Waals surface area (Å²) < 4.78 is 5.29. The van der Waals surface area contributed by atoms with E-state index < -0.39 is 5.60 Å². The molecule has 0 radical (unpaired) electrons. The first kappa shape index (κ1) is 31.3. The maximum absolute atomic E-state index is 12.0. The minimum atomic E-state index is -0.572. The lowest BCUT2D eigenvalue weighted by molar-refractivity contribution is -0.488. The lowest BCUT2D eigenvalue weighted by Gasteiger charge is -2.21. The fraction of sp³-hybridized carbons (Fsp3) is 0.552. The fourth-order valence-corrected chi connectivity index (χ4v) is 3.06. The van der Waals surface area contributed by atoms with Gasteiger partial charge in [0.15, 0.2) is 0 Å². The molecule has 34 heavy (non-hydrogen) atoms. The zero-order valence-electron chi connectivity index (χ0n) is 21.7. The van der Waals surface area contributed by atoms with Crippen LogP contribution in [0.3, 0.4) is 0 Å². The number of carbonyl (C=O) groups excluding carboxylic acids is 1. The Morgan fingerprint density at radius 3 is 1.59 bits per heavy atom. The monoisotopic (exact) mass is 471 g/mol. The van der Waals surface area contributed by atoms with Crippen LogP contribution in [0.4, 0.5) is 0 Å². The zero-order chi connectivity index (χ0) is 25.5. The molecule has 190 valence electrons. The Balaban J connectivity index is 3.99. The highest BCUT2D eigenvalue weighted by Crippen LogP contribution is 2.16. The van der Waals surface area contributed by atoms with Crippen molar-refractivity contribution in [2.75, 3.05) is 6.54 Å². The van der Waals surface area contributed by atoms with E-state index in [-0.39, 0.29) is 29.8 Å². The highest BCUT2D eigenvalue weighted by atomic mass is 16.6. The van der Waals surface area contributed by atoms with E-state index in [0.29, 0.717) is 12.8 Å². The molecule has 1 unspecified atom stereocenters. The summed E-state index contributed by atoms with van der Waals surface area (Å²) in [6.45, 7) is 7.32. The lowest BCUT2D eigenvalue weighted by atomic mass is 9.99. The summed E-state index contributed by atoms with van der Waals surface area (Å²) >= 11 is 0. The van der Waals surface area contributed by atoms with Crippen molar-refractivity contribution in [3.8, 4) is 0 Å². The molecular formula is C29H45NO4. The molecule has 0 aromatic carbocycles. The Hall–Kier alpha value is -2.69. The number of nitrogens with zero attached hydrogens (tertiary/aromatic N) is 1. The van der Waals surface area contributed by atoms with Gasteiger partial charge in [-0.3, -0.25) is 14.9 Å². The van der Waals surface area contributed by atoms with E-state index in [4.69, 9.17) is 4.74 Å². The normalized spacial score (nSPS) is 14.0. The van der Waals surface area contributed by atoms with E-state index in [9.17, 15) is 14.9 Å². The van der Waals surface area contributed by atoms with Crippen LogP contribution in [0.25, 0.3) is 0 Å². The van der Waals surface area contributed by atoms with Crippen molar-refractivity contribution in [3.63, 3.8) is 0 Å². The summed E-state index contributed by atoms with van der Waals surface area (Å²) in [5.74, 6) is -0.676. The number of ether oxygens (including phenoxy) is 1. The van der Waals surface area contributed by atoms with Gasteiger partial charge in [0.05, 0.1) is 6.42 Å². The average molecular weight is 472 g/mol. The maximum Gasteiger partial charge on any atom is 0.306 e. The predicted octanol–water partition coefficient (Wildman–Crippen LogP) is 8.09. The number of carbonyl (C=O) groups is 1. The summed E-state index contributed by atoms with van der Waals surface area (Å²) in [6, 6.07) is 0. The van der Waals surface area contributed by atoms with Crippen LogP contribution in [0.5, 0.6) is 0 Å². The number of hydrogen-bond donors (Lipinski definition) is 0. The molecule has 0 amide bonds. The van der Waals surface area contributed by atoms with Gasteiger partial charge in [0.25, 0.3) is 0 Å². The van der Waals surface area contributed by atoms with Gasteiger partial charge in [0.1, 0.15) is 5.60 Å². The second-order valence-corrected chi connectivity index (χ2v) is 9.16. The largest absolute Gasteiger partial charge is 0.460 e. The molecule has 0 saturated carbocycles. The first-order valence-electron chi connectivity index (χ1n) is 12.5. The van der Waals surface area contributed by atoms with E-state index in [0.717, 1.165) is 38.5 Å². The van der Waals surface area contributed by atoms with Gasteiger partial charge in [0.2, 0.25) is 6.54 Å². The Morgan fingerprint density at radius 1 is 0.794 bits per heavy atom. The van der Waals surface area contributed by atoms with Crippen LogP contribution >= 0.6 is 0 Å². The van der Waals surface area contributed by atoms with Crippen LogP contribution in [-0.4, -0.2) is 23.0 Å². The highest BCUT2D eigenvalue weighted by Gasteiger charge is 2.23. The molecule has 5 heteroatoms. The quantitative estimate of drug-likeness (QED) is 0.0876. The number of nitro groups is 1. The van der Waals surface area contributed by atoms with Gasteiger partial charge in [-0.1, -0.05) is 79.8 Å². The summed E-state index contributed by atoms with van der Waals surface area (Å²) in [5.41, 5.74) is -0.572. The molecule has 0 spiro atoms. The maximum atomic E-state index is 12.0. The molecule has 0 heterocycles. The Kier molecular flexibility index (Phi) is 19.2. The molecule has 0 aliphatic rings. The van der Waals surface area contributed by atoms with Crippen molar-refractivity contribution < 1.29 is 14.5 Å². The number of hydrogen-bond acceptors (Lipinski definition) is 4. The minimum Gasteiger partial charge on any atom is -0.460 e. The van der Waals surface area contributed by atoms with Gasteiger partial charge in [0, 0.05) is 10.8 Å². The molecular weight excluding hydrogens is 426 g/mol. The van der Waals surface area contributed by atoms with Crippen LogP contribution in [0.2, 0.25) is 0 Å². The second-order valence-electron chi connectivity index (χ2n) is 9.16. The molecule has 0 aliphatic carbocycles. The molecule has 5 nitrogen and oxygen atoms in total. The van der Waals surface area contributed by atoms with Crippen LogP contribution in [0.1, 0.15) is 85.5 Å². The van der Waals surface area contributed by atoms with Crippen molar-refractivity contribution in [1.82, 2.24) is 0 Å². The standard InChI is InChI=1S/C29H45NO4/c1-5-6-7-8-9-10-11-12-13-14-15-16-17-18-19-20-21-22-23-24-27(26-30(32)33)25-28(31)34-29(2,3)4/h6-7,9-10,12-13,15-16,18-19,21-22,27H,5,8,11,14,17,20,23-26H2,1-4H3/b7-6+,10-9+,13-12+,16-15+,19-18+,22-21+. The first-order valence-corrected chi connectivity index (χ1v) is 12.5. The summed E-state index contributed by atoms with van der Waals surface area (Å²) in [4.78, 5) is 22.5. The van der Waals surface area contributed by atoms with E-state index in [2.05, 4.69) is 73.8 Å². The summed E-state index contributed by atoms with van der Waals surface area (Å²) in [5, 5.41) is 10.9. The number of allylic oxidation sites excluding steroid dienone is 12. The molecule has 0 aliphatic heterocycles. The Bertz CT molecular complexity index is 721. The van der Waals surface area contributed by atoms with E-state index in [1.54, 1.807) is 20.8 Å². The topological polar surface area (TPSA) is 69.4 Å². The van der Waals surface area contributed by atoms with Gasteiger partial charge in [-0.2, -0.15) is 0 Å². The molecule has 0 bridgehead atoms. The molecule has 0 aromatic heterocycles. The van der Waals surface area contributed by atoms with E-state index in [1.807, 2.05) is 6.08 Å². The van der Waals surface area contributed by atoms with Crippen LogP contribution < -0.4 is 0 Å². The van der Waals surface area contributed by atoms with Crippen molar-refractivity contribution in [3.05, 3.63) is 83.0 Å². The smallest absolute Gasteiger partial charge is 0.306 e. The van der Waals surface area contributed by atoms with Gasteiger partial charge < -0.3 is 4.74 Å². The minimum absolute atomic E-state index is 0.0842. The van der Waals surface area contributed by atoms with Gasteiger partial charge in [-0.05, 0) is 72.1 Å². The van der Waals surface area contributed by atoms with Crippen molar-refractivity contribution in [2.45, 2.75) is 91.1 Å². The third kappa shape index (κ3) is 24.0. The molecule has 1 atom stereocenters. The fourth-order valence-electron chi connectivity index (χ4n) is 3.06. The zero-order valence-corrected chi connectivity index (χ0v) is 21.7. The lowest BCUT2D eigenvalue weighted by Crippen LogP contribution is -2.27. The molecule has 0 rings (SSSR count). The third-order valence-electron chi connectivity index (χ3n) is 4.62. The van der Waals surface area contributed by atoms with Crippen LogP contribution in [0, 0.1) is 16.0 Å². The first-order chi connectivity index (χ1) is 16.2. The van der Waals surface area contributed by atoms with Gasteiger partial charge in [-0.15, -0.1) is 0 Å². The van der Waals surface area contributed by atoms with Crippen molar-refractivity contribution in [1.29, 1.82) is 0 Å².